The van der Waals surface area contributed by atoms with Gasteiger partial charge in [0.25, 0.3) is 0 Å². The SMILES string of the molecule is COc1cc2c(cc1F)nc(N)n2CC1CC1(C)C. The van der Waals surface area contributed by atoms with Crippen LogP contribution in [0.4, 0.5) is 10.3 Å². The molecule has 2 aromatic rings. The molecule has 5 heteroatoms. The van der Waals surface area contributed by atoms with Gasteiger partial charge >= 0.3 is 0 Å². The Balaban J connectivity index is 2.05. The van der Waals surface area contributed by atoms with Crippen molar-refractivity contribution in [3.8, 4) is 5.75 Å². The Kier molecular flexibility index (Phi) is 2.49. The van der Waals surface area contributed by atoms with Gasteiger partial charge in [0.1, 0.15) is 0 Å². The van der Waals surface area contributed by atoms with Crippen LogP contribution in [0.3, 0.4) is 0 Å². The molecular weight excluding hydrogens is 245 g/mol. The average molecular weight is 263 g/mol. The van der Waals surface area contributed by atoms with E-state index in [1.807, 2.05) is 4.57 Å². The van der Waals surface area contributed by atoms with Crippen LogP contribution in [0.25, 0.3) is 11.0 Å². The molecule has 0 amide bonds. The maximum Gasteiger partial charge on any atom is 0.201 e. The number of anilines is 1. The summed E-state index contributed by atoms with van der Waals surface area (Å²) in [5.41, 5.74) is 7.73. The number of benzene rings is 1. The van der Waals surface area contributed by atoms with Crippen LogP contribution in [0.1, 0.15) is 20.3 Å². The van der Waals surface area contributed by atoms with Crippen LogP contribution in [0.2, 0.25) is 0 Å². The summed E-state index contributed by atoms with van der Waals surface area (Å²) in [6.07, 6.45) is 1.18. The molecule has 3 rings (SSSR count). The molecule has 1 unspecified atom stereocenters. The third kappa shape index (κ3) is 1.93. The smallest absolute Gasteiger partial charge is 0.201 e. The summed E-state index contributed by atoms with van der Waals surface area (Å²) in [5, 5.41) is 0. The third-order valence-corrected chi connectivity index (χ3v) is 4.17. The van der Waals surface area contributed by atoms with Gasteiger partial charge in [0.15, 0.2) is 11.6 Å². The van der Waals surface area contributed by atoms with Gasteiger partial charge in [0, 0.05) is 18.7 Å². The van der Waals surface area contributed by atoms with Crippen molar-refractivity contribution in [3.63, 3.8) is 0 Å². The Morgan fingerprint density at radius 1 is 1.53 bits per heavy atom. The Morgan fingerprint density at radius 3 is 2.79 bits per heavy atom. The number of nitrogen functional groups attached to an aromatic ring is 1. The van der Waals surface area contributed by atoms with Crippen molar-refractivity contribution in [1.82, 2.24) is 9.55 Å². The molecule has 1 aliphatic carbocycles. The molecule has 0 aliphatic heterocycles. The van der Waals surface area contributed by atoms with Gasteiger partial charge in [-0.05, 0) is 17.8 Å². The van der Waals surface area contributed by atoms with E-state index in [-0.39, 0.29) is 5.75 Å². The molecule has 4 nitrogen and oxygen atoms in total. The summed E-state index contributed by atoms with van der Waals surface area (Å²) in [7, 11) is 1.46. The molecule has 1 aromatic carbocycles. The number of fused-ring (bicyclic) bond motifs is 1. The van der Waals surface area contributed by atoms with Crippen molar-refractivity contribution < 1.29 is 9.13 Å². The van der Waals surface area contributed by atoms with Gasteiger partial charge in [-0.3, -0.25) is 0 Å². The summed E-state index contributed by atoms with van der Waals surface area (Å²) in [5.74, 6) is 0.851. The van der Waals surface area contributed by atoms with E-state index in [1.54, 1.807) is 6.07 Å². The molecule has 0 saturated heterocycles. The molecule has 1 saturated carbocycles. The van der Waals surface area contributed by atoms with Crippen LogP contribution in [-0.4, -0.2) is 16.7 Å². The lowest BCUT2D eigenvalue weighted by Gasteiger charge is -2.09. The number of imidazole rings is 1. The zero-order valence-electron chi connectivity index (χ0n) is 11.4. The summed E-state index contributed by atoms with van der Waals surface area (Å²) in [6.45, 7) is 5.31. The fourth-order valence-corrected chi connectivity index (χ4v) is 2.60. The monoisotopic (exact) mass is 263 g/mol. The van der Waals surface area contributed by atoms with Gasteiger partial charge in [-0.25, -0.2) is 9.37 Å². The number of hydrogen-bond donors (Lipinski definition) is 1. The van der Waals surface area contributed by atoms with Crippen LogP contribution in [0.5, 0.6) is 5.75 Å². The van der Waals surface area contributed by atoms with Crippen molar-refractivity contribution in [3.05, 3.63) is 17.9 Å². The average Bonchev–Trinajstić information content (AvgIpc) is 2.82. The number of aromatic nitrogens is 2. The van der Waals surface area contributed by atoms with Crippen molar-refractivity contribution in [1.29, 1.82) is 0 Å². The molecule has 102 valence electrons. The fourth-order valence-electron chi connectivity index (χ4n) is 2.60. The minimum absolute atomic E-state index is 0.226. The maximum absolute atomic E-state index is 13.6. The molecule has 1 aromatic heterocycles. The quantitative estimate of drug-likeness (QED) is 0.926. The second-order valence-electron chi connectivity index (χ2n) is 5.95. The highest BCUT2D eigenvalue weighted by Crippen LogP contribution is 2.52. The number of ether oxygens (including phenoxy) is 1. The van der Waals surface area contributed by atoms with Gasteiger partial charge in [0.2, 0.25) is 5.95 Å². The van der Waals surface area contributed by atoms with Crippen molar-refractivity contribution >= 4 is 17.0 Å². The fraction of sp³-hybridized carbons (Fsp3) is 0.500. The van der Waals surface area contributed by atoms with Crippen LogP contribution < -0.4 is 10.5 Å². The number of methoxy groups -OCH3 is 1. The van der Waals surface area contributed by atoms with Gasteiger partial charge in [-0.2, -0.15) is 0 Å². The molecule has 0 bridgehead atoms. The van der Waals surface area contributed by atoms with E-state index in [1.165, 1.54) is 19.6 Å². The van der Waals surface area contributed by atoms with Crippen LogP contribution >= 0.6 is 0 Å². The van der Waals surface area contributed by atoms with Crippen molar-refractivity contribution in [2.75, 3.05) is 12.8 Å². The standard InChI is InChI=1S/C14H18FN3O/c1-14(2)6-8(14)7-18-11-5-12(19-3)9(15)4-10(11)17-13(18)16/h4-5,8H,6-7H2,1-3H3,(H2,16,17). The lowest BCUT2D eigenvalue weighted by atomic mass is 10.1. The summed E-state index contributed by atoms with van der Waals surface area (Å²) < 4.78 is 20.6. The zero-order valence-corrected chi connectivity index (χ0v) is 11.4. The number of nitrogens with zero attached hydrogens (tertiary/aromatic N) is 2. The van der Waals surface area contributed by atoms with E-state index in [0.717, 1.165) is 12.1 Å². The van der Waals surface area contributed by atoms with E-state index < -0.39 is 5.82 Å². The first-order valence-electron chi connectivity index (χ1n) is 6.41. The Labute approximate surface area is 111 Å². The number of halogens is 1. The lowest BCUT2D eigenvalue weighted by molar-refractivity contribution is 0.387. The predicted octanol–water partition coefficient (Wildman–Crippen LogP) is 2.81. The van der Waals surface area contributed by atoms with Crippen LogP contribution in [0, 0.1) is 17.2 Å². The van der Waals surface area contributed by atoms with E-state index >= 15 is 0 Å². The zero-order chi connectivity index (χ0) is 13.8. The first-order chi connectivity index (χ1) is 8.92. The molecule has 1 fully saturated rings. The summed E-state index contributed by atoms with van der Waals surface area (Å²) in [6, 6.07) is 3.04. The van der Waals surface area contributed by atoms with Crippen LogP contribution in [-0.2, 0) is 6.54 Å². The van der Waals surface area contributed by atoms with E-state index in [4.69, 9.17) is 10.5 Å². The Hall–Kier alpha value is -1.78. The summed E-state index contributed by atoms with van der Waals surface area (Å²) in [4.78, 5) is 4.22. The third-order valence-electron chi connectivity index (χ3n) is 4.17. The topological polar surface area (TPSA) is 53.1 Å². The predicted molar refractivity (Wildman–Crippen MR) is 72.5 cm³/mol. The minimum Gasteiger partial charge on any atom is -0.494 e. The molecular formula is C14H18FN3O. The maximum atomic E-state index is 13.6. The second-order valence-corrected chi connectivity index (χ2v) is 5.95. The largest absolute Gasteiger partial charge is 0.494 e. The molecule has 0 spiro atoms. The Bertz CT molecular complexity index is 648. The van der Waals surface area contributed by atoms with Gasteiger partial charge < -0.3 is 15.0 Å². The molecule has 1 aliphatic rings. The van der Waals surface area contributed by atoms with Gasteiger partial charge in [-0.15, -0.1) is 0 Å². The normalized spacial score (nSPS) is 20.7. The molecule has 2 N–H and O–H groups in total. The molecule has 1 atom stereocenters. The number of nitrogens with two attached hydrogens (primary N) is 1. The van der Waals surface area contributed by atoms with Crippen molar-refractivity contribution in [2.24, 2.45) is 11.3 Å². The molecule has 0 radical (unpaired) electrons. The van der Waals surface area contributed by atoms with E-state index in [9.17, 15) is 4.39 Å². The lowest BCUT2D eigenvalue weighted by Crippen LogP contribution is -2.07. The minimum atomic E-state index is -0.411. The van der Waals surface area contributed by atoms with E-state index in [2.05, 4.69) is 18.8 Å². The Morgan fingerprint density at radius 2 is 2.21 bits per heavy atom. The highest BCUT2D eigenvalue weighted by molar-refractivity contribution is 5.80. The number of hydrogen-bond acceptors (Lipinski definition) is 3. The van der Waals surface area contributed by atoms with E-state index in [0.29, 0.717) is 22.8 Å². The second kappa shape index (κ2) is 3.85. The van der Waals surface area contributed by atoms with Crippen LogP contribution in [0.15, 0.2) is 12.1 Å². The highest BCUT2D eigenvalue weighted by Gasteiger charge is 2.45. The molecule has 1 heterocycles. The first-order valence-corrected chi connectivity index (χ1v) is 6.41. The van der Waals surface area contributed by atoms with Crippen molar-refractivity contribution in [2.45, 2.75) is 26.8 Å². The van der Waals surface area contributed by atoms with Gasteiger partial charge in [-0.1, -0.05) is 13.8 Å². The number of rotatable bonds is 3. The van der Waals surface area contributed by atoms with Gasteiger partial charge in [0.05, 0.1) is 18.1 Å². The molecule has 19 heavy (non-hydrogen) atoms. The first kappa shape index (κ1) is 12.3. The summed E-state index contributed by atoms with van der Waals surface area (Å²) >= 11 is 0. The highest BCUT2D eigenvalue weighted by atomic mass is 19.1.